The Labute approximate surface area is 256 Å². The average molecular weight is 636 g/mol. The van der Waals surface area contributed by atoms with Crippen molar-refractivity contribution in [2.24, 2.45) is 23.7 Å². The largest absolute Gasteiger partial charge is 0.451 e. The minimum absolute atomic E-state index is 0.131. The second-order valence-electron chi connectivity index (χ2n) is 11.6. The molecule has 1 aliphatic heterocycles. The van der Waals surface area contributed by atoms with Crippen LogP contribution in [0.15, 0.2) is 89.4 Å². The number of aryl methyl sites for hydroxylation is 1. The number of nitrogens with zero attached hydrogens (tertiary/aromatic N) is 2. The summed E-state index contributed by atoms with van der Waals surface area (Å²) < 4.78 is 6.44. The number of Topliss-reactive ketones (excluding diaryl/α,β-unsaturated/α-hetero) is 1. The molecule has 2 bridgehead atoms. The number of hydrogen-bond donors (Lipinski definition) is 0. The predicted octanol–water partition coefficient (Wildman–Crippen LogP) is 6.71. The highest BCUT2D eigenvalue weighted by atomic mass is 79.9. The number of aromatic nitrogens is 1. The van der Waals surface area contributed by atoms with Crippen LogP contribution in [-0.2, 0) is 14.3 Å². The molecular formula is C35H27BrN2O5. The Morgan fingerprint density at radius 3 is 2.21 bits per heavy atom. The van der Waals surface area contributed by atoms with E-state index in [1.807, 2.05) is 25.1 Å². The molecule has 43 heavy (non-hydrogen) atoms. The molecule has 0 N–H and O–H groups in total. The van der Waals surface area contributed by atoms with Crippen molar-refractivity contribution in [2.75, 3.05) is 4.90 Å². The Hall–Kier alpha value is -4.43. The summed E-state index contributed by atoms with van der Waals surface area (Å²) in [6.45, 7) is 3.50. The van der Waals surface area contributed by atoms with Crippen molar-refractivity contribution in [3.8, 4) is 11.3 Å². The van der Waals surface area contributed by atoms with E-state index in [0.29, 0.717) is 33.4 Å². The van der Waals surface area contributed by atoms with Crippen molar-refractivity contribution in [3.63, 3.8) is 0 Å². The maximum Gasteiger partial charge on any atom is 0.339 e. The maximum absolute atomic E-state index is 13.5. The fourth-order valence-electron chi connectivity index (χ4n) is 6.68. The Morgan fingerprint density at radius 1 is 0.907 bits per heavy atom. The number of carbonyl (C=O) groups is 4. The fourth-order valence-corrected chi connectivity index (χ4v) is 7.04. The number of rotatable bonds is 6. The van der Waals surface area contributed by atoms with Crippen LogP contribution in [0.1, 0.15) is 39.6 Å². The highest BCUT2D eigenvalue weighted by Crippen LogP contribution is 2.53. The van der Waals surface area contributed by atoms with Crippen molar-refractivity contribution in [1.29, 1.82) is 0 Å². The molecule has 214 valence electrons. The second-order valence-corrected chi connectivity index (χ2v) is 12.5. The lowest BCUT2D eigenvalue weighted by Gasteiger charge is -2.18. The van der Waals surface area contributed by atoms with Crippen molar-refractivity contribution < 1.29 is 23.9 Å². The summed E-state index contributed by atoms with van der Waals surface area (Å²) in [4.78, 5) is 59.1. The minimum Gasteiger partial charge on any atom is -0.451 e. The first-order valence-corrected chi connectivity index (χ1v) is 15.1. The van der Waals surface area contributed by atoms with Crippen LogP contribution in [0, 0.1) is 30.6 Å². The van der Waals surface area contributed by atoms with Crippen LogP contribution in [-0.4, -0.2) is 34.7 Å². The number of hydrogen-bond acceptors (Lipinski definition) is 6. The molecule has 2 aliphatic carbocycles. The minimum atomic E-state index is -0.992. The van der Waals surface area contributed by atoms with Crippen LogP contribution in [0.5, 0.6) is 0 Å². The van der Waals surface area contributed by atoms with E-state index in [1.54, 1.807) is 61.5 Å². The lowest BCUT2D eigenvalue weighted by Crippen LogP contribution is -2.32. The first kappa shape index (κ1) is 27.4. The predicted molar refractivity (Wildman–Crippen MR) is 165 cm³/mol. The molecule has 4 aromatic rings. The summed E-state index contributed by atoms with van der Waals surface area (Å²) in [5, 5.41) is 0.581. The standard InChI is InChI=1S/C35H27BrN2O5/c1-18-3-5-21(6-4-18)32(39)19(2)43-35(42)27-17-29(37-28-14-11-24(36)16-26(27)28)20-9-12-25(13-10-20)38-33(40)30-22-7-8-23(15-22)31(30)34(38)41/h3-14,16-17,19,22-23,30-31H,15H2,1-2H3/t19-,22-,23+,30-,31+/m0/s1. The van der Waals surface area contributed by atoms with Gasteiger partial charge in [0.1, 0.15) is 0 Å². The van der Waals surface area contributed by atoms with Crippen LogP contribution < -0.4 is 4.90 Å². The molecule has 1 saturated carbocycles. The first-order valence-electron chi connectivity index (χ1n) is 14.3. The number of halogens is 1. The molecule has 0 radical (unpaired) electrons. The number of anilines is 1. The summed E-state index contributed by atoms with van der Waals surface area (Å²) in [5.74, 6) is -1.44. The highest BCUT2D eigenvalue weighted by Gasteiger charge is 2.59. The van der Waals surface area contributed by atoms with Crippen molar-refractivity contribution in [3.05, 3.63) is 106 Å². The number of fused-ring (bicyclic) bond motifs is 6. The molecule has 1 aromatic heterocycles. The van der Waals surface area contributed by atoms with Gasteiger partial charge in [0, 0.05) is 21.0 Å². The third kappa shape index (κ3) is 4.61. The Kier molecular flexibility index (Phi) is 6.62. The number of benzene rings is 3. The van der Waals surface area contributed by atoms with Crippen molar-refractivity contribution in [1.82, 2.24) is 4.98 Å². The average Bonchev–Trinajstić information content (AvgIpc) is 3.70. The van der Waals surface area contributed by atoms with Crippen LogP contribution in [0.3, 0.4) is 0 Å². The zero-order chi connectivity index (χ0) is 30.0. The summed E-state index contributed by atoms with van der Waals surface area (Å²) in [7, 11) is 0. The molecule has 2 amide bonds. The van der Waals surface area contributed by atoms with Gasteiger partial charge in [-0.05, 0) is 68.5 Å². The third-order valence-electron chi connectivity index (χ3n) is 8.87. The molecule has 5 atom stereocenters. The maximum atomic E-state index is 13.5. The monoisotopic (exact) mass is 634 g/mol. The second kappa shape index (κ2) is 10.4. The van der Waals surface area contributed by atoms with E-state index in [9.17, 15) is 19.2 Å². The van der Waals surface area contributed by atoms with Gasteiger partial charge in [0.15, 0.2) is 6.10 Å². The SMILES string of the molecule is Cc1ccc(C(=O)[C@H](C)OC(=O)c2cc(-c3ccc(N4C(=O)[C@@H]5[C@H](C4=O)[C@@H]4C=C[C@H]5C4)cc3)nc3ccc(Br)cc23)cc1. The number of ether oxygens (including phenoxy) is 1. The van der Waals surface area contributed by atoms with Gasteiger partial charge in [-0.3, -0.25) is 19.3 Å². The Balaban J connectivity index is 1.18. The molecule has 7 nitrogen and oxygen atoms in total. The molecule has 1 saturated heterocycles. The van der Waals surface area contributed by atoms with Crippen LogP contribution in [0.2, 0.25) is 0 Å². The van der Waals surface area contributed by atoms with Gasteiger partial charge in [-0.25, -0.2) is 9.78 Å². The number of ketones is 1. The van der Waals surface area contributed by atoms with Gasteiger partial charge in [0.2, 0.25) is 17.6 Å². The van der Waals surface area contributed by atoms with E-state index < -0.39 is 12.1 Å². The van der Waals surface area contributed by atoms with Gasteiger partial charge in [0.25, 0.3) is 0 Å². The molecule has 8 heteroatoms. The fraction of sp³-hybridized carbons (Fsp3) is 0.229. The van der Waals surface area contributed by atoms with E-state index >= 15 is 0 Å². The molecule has 2 heterocycles. The topological polar surface area (TPSA) is 93.6 Å². The van der Waals surface area contributed by atoms with E-state index in [0.717, 1.165) is 16.5 Å². The van der Waals surface area contributed by atoms with E-state index in [2.05, 4.69) is 28.1 Å². The normalized spacial score (nSPS) is 22.7. The molecule has 2 fully saturated rings. The molecular weight excluding hydrogens is 608 g/mol. The Bertz CT molecular complexity index is 1830. The van der Waals surface area contributed by atoms with E-state index in [1.165, 1.54) is 4.90 Å². The number of carbonyl (C=O) groups excluding carboxylic acids is 4. The number of imide groups is 1. The number of pyridine rings is 1. The summed E-state index contributed by atoms with van der Waals surface area (Å²) >= 11 is 3.47. The van der Waals surface area contributed by atoms with Crippen molar-refractivity contribution >= 4 is 56.1 Å². The first-order chi connectivity index (χ1) is 20.7. The number of allylic oxidation sites excluding steroid dienone is 2. The number of amides is 2. The van der Waals surface area contributed by atoms with Gasteiger partial charge in [0.05, 0.1) is 34.3 Å². The van der Waals surface area contributed by atoms with E-state index in [-0.39, 0.29) is 46.8 Å². The summed E-state index contributed by atoms with van der Waals surface area (Å²) in [5.41, 5.74) is 4.10. The molecule has 7 rings (SSSR count). The van der Waals surface area contributed by atoms with Gasteiger partial charge >= 0.3 is 5.97 Å². The van der Waals surface area contributed by atoms with E-state index in [4.69, 9.17) is 9.72 Å². The Morgan fingerprint density at radius 2 is 1.56 bits per heavy atom. The summed E-state index contributed by atoms with van der Waals surface area (Å²) in [6, 6.07) is 21.3. The smallest absolute Gasteiger partial charge is 0.339 e. The van der Waals surface area contributed by atoms with Gasteiger partial charge < -0.3 is 4.74 Å². The quantitative estimate of drug-likeness (QED) is 0.101. The van der Waals surface area contributed by atoms with Gasteiger partial charge in [-0.1, -0.05) is 70.0 Å². The van der Waals surface area contributed by atoms with Gasteiger partial charge in [-0.2, -0.15) is 0 Å². The lowest BCUT2D eigenvalue weighted by atomic mass is 9.85. The van der Waals surface area contributed by atoms with Crippen LogP contribution >= 0.6 is 15.9 Å². The van der Waals surface area contributed by atoms with Crippen LogP contribution in [0.25, 0.3) is 22.2 Å². The molecule has 0 unspecified atom stereocenters. The third-order valence-corrected chi connectivity index (χ3v) is 9.36. The molecule has 3 aliphatic rings. The van der Waals surface area contributed by atoms with Crippen molar-refractivity contribution in [2.45, 2.75) is 26.4 Å². The number of esters is 1. The van der Waals surface area contributed by atoms with Gasteiger partial charge in [-0.15, -0.1) is 0 Å². The summed E-state index contributed by atoms with van der Waals surface area (Å²) in [6.07, 6.45) is 4.05. The molecule has 3 aromatic carbocycles. The lowest BCUT2D eigenvalue weighted by molar-refractivity contribution is -0.123. The highest BCUT2D eigenvalue weighted by molar-refractivity contribution is 9.10. The van der Waals surface area contributed by atoms with Crippen LogP contribution in [0.4, 0.5) is 5.69 Å². The molecule has 0 spiro atoms. The zero-order valence-electron chi connectivity index (χ0n) is 23.5. The zero-order valence-corrected chi connectivity index (χ0v) is 25.1.